The molecule has 3 heteroatoms. The van der Waals surface area contributed by atoms with Gasteiger partial charge in [-0.15, -0.1) is 0 Å². The Morgan fingerprint density at radius 3 is 1.65 bits per heavy atom. The van der Waals surface area contributed by atoms with E-state index in [9.17, 15) is 9.00 Å². The number of carbonyl (C=O) groups excluding carboxylic acids is 1. The van der Waals surface area contributed by atoms with Gasteiger partial charge in [0.05, 0.1) is 20.6 Å². The Bertz CT molecular complexity index is 608. The maximum absolute atomic E-state index is 13.2. The van der Waals surface area contributed by atoms with E-state index in [1.54, 1.807) is 13.0 Å². The molecule has 1 atom stereocenters. The third-order valence-corrected chi connectivity index (χ3v) is 5.84. The highest BCUT2D eigenvalue weighted by Crippen LogP contribution is 2.36. The van der Waals surface area contributed by atoms with Crippen molar-refractivity contribution in [3.05, 3.63) is 39.8 Å². The SMILES string of the molecule is CC=C(C(C)=O)S(=O)c1c(C(C)C)cc(C(C)C)cc1C(C)C. The van der Waals surface area contributed by atoms with Crippen LogP contribution in [0.25, 0.3) is 0 Å². The first-order valence-electron chi connectivity index (χ1n) is 8.38. The van der Waals surface area contributed by atoms with Gasteiger partial charge < -0.3 is 0 Å². The largest absolute Gasteiger partial charge is 0.294 e. The molecule has 23 heavy (non-hydrogen) atoms. The third kappa shape index (κ3) is 4.41. The number of Topliss-reactive ketones (excluding diaryl/α,β-unsaturated/α-hetero) is 1. The molecule has 1 rings (SSSR count). The number of rotatable bonds is 6. The molecule has 0 aliphatic heterocycles. The van der Waals surface area contributed by atoms with Crippen LogP contribution in [-0.2, 0) is 15.6 Å². The maximum atomic E-state index is 13.2. The van der Waals surface area contributed by atoms with Gasteiger partial charge in [0.1, 0.15) is 0 Å². The molecule has 1 unspecified atom stereocenters. The molecule has 0 bridgehead atoms. The lowest BCUT2D eigenvalue weighted by atomic mass is 9.89. The first kappa shape index (κ1) is 19.8. The zero-order valence-corrected chi connectivity index (χ0v) is 16.5. The van der Waals surface area contributed by atoms with E-state index in [1.807, 2.05) is 0 Å². The molecule has 0 N–H and O–H groups in total. The molecule has 0 aliphatic rings. The van der Waals surface area contributed by atoms with Crippen LogP contribution in [0, 0.1) is 0 Å². The van der Waals surface area contributed by atoms with Crippen LogP contribution in [0.5, 0.6) is 0 Å². The normalized spacial score (nSPS) is 14.0. The van der Waals surface area contributed by atoms with Crippen molar-refractivity contribution in [3.63, 3.8) is 0 Å². The van der Waals surface area contributed by atoms with Gasteiger partial charge in [0.2, 0.25) is 0 Å². The van der Waals surface area contributed by atoms with Gasteiger partial charge in [-0.25, -0.2) is 4.21 Å². The topological polar surface area (TPSA) is 34.1 Å². The van der Waals surface area contributed by atoms with Crippen molar-refractivity contribution < 1.29 is 9.00 Å². The van der Waals surface area contributed by atoms with Crippen molar-refractivity contribution in [2.24, 2.45) is 0 Å². The molecule has 0 aromatic heterocycles. The molecule has 1 aromatic rings. The van der Waals surface area contributed by atoms with Crippen LogP contribution in [-0.4, -0.2) is 9.99 Å². The Kier molecular flexibility index (Phi) is 6.94. The van der Waals surface area contributed by atoms with E-state index in [4.69, 9.17) is 0 Å². The quantitative estimate of drug-likeness (QED) is 0.629. The van der Waals surface area contributed by atoms with Crippen molar-refractivity contribution in [2.75, 3.05) is 0 Å². The minimum atomic E-state index is -1.43. The van der Waals surface area contributed by atoms with Gasteiger partial charge in [0.15, 0.2) is 5.78 Å². The van der Waals surface area contributed by atoms with Gasteiger partial charge in [0, 0.05) is 0 Å². The van der Waals surface area contributed by atoms with Gasteiger partial charge in [-0.1, -0.05) is 59.8 Å². The number of carbonyl (C=O) groups is 1. The molecular weight excluding hydrogens is 304 g/mol. The van der Waals surface area contributed by atoms with Crippen LogP contribution < -0.4 is 0 Å². The number of benzene rings is 1. The fourth-order valence-corrected chi connectivity index (χ4v) is 4.37. The van der Waals surface area contributed by atoms with E-state index in [2.05, 4.69) is 53.7 Å². The monoisotopic (exact) mass is 334 g/mol. The van der Waals surface area contributed by atoms with Crippen molar-refractivity contribution in [2.45, 2.75) is 78.0 Å². The highest BCUT2D eigenvalue weighted by Gasteiger charge is 2.24. The van der Waals surface area contributed by atoms with Gasteiger partial charge in [-0.05, 0) is 48.3 Å². The van der Waals surface area contributed by atoms with Crippen LogP contribution in [0.3, 0.4) is 0 Å². The molecule has 0 radical (unpaired) electrons. The summed E-state index contributed by atoms with van der Waals surface area (Å²) in [6.45, 7) is 16.1. The molecule has 0 heterocycles. The van der Waals surface area contributed by atoms with Gasteiger partial charge >= 0.3 is 0 Å². The van der Waals surface area contributed by atoms with Crippen molar-refractivity contribution in [3.8, 4) is 0 Å². The predicted octanol–water partition coefficient (Wildman–Crippen LogP) is 5.66. The first-order valence-corrected chi connectivity index (χ1v) is 9.53. The van der Waals surface area contributed by atoms with Crippen LogP contribution in [0.15, 0.2) is 28.0 Å². The summed E-state index contributed by atoms with van der Waals surface area (Å²) >= 11 is 0. The second kappa shape index (κ2) is 8.05. The van der Waals surface area contributed by atoms with E-state index >= 15 is 0 Å². The third-order valence-electron chi connectivity index (χ3n) is 4.07. The molecule has 128 valence electrons. The minimum absolute atomic E-state index is 0.122. The van der Waals surface area contributed by atoms with Crippen LogP contribution in [0.2, 0.25) is 0 Å². The zero-order chi connectivity index (χ0) is 17.9. The standard InChI is InChI=1S/C20H30O2S/c1-9-19(15(8)21)23(22)20-17(13(4)5)10-16(12(2)3)11-18(20)14(6)7/h9-14H,1-8H3. The number of hydrogen-bond donors (Lipinski definition) is 0. The Balaban J connectivity index is 3.74. The summed E-state index contributed by atoms with van der Waals surface area (Å²) in [4.78, 5) is 13.1. The van der Waals surface area contributed by atoms with E-state index in [0.29, 0.717) is 10.8 Å². The Hall–Kier alpha value is -1.22. The average Bonchev–Trinajstić information content (AvgIpc) is 2.45. The van der Waals surface area contributed by atoms with E-state index in [-0.39, 0.29) is 17.6 Å². The fraction of sp³-hybridized carbons (Fsp3) is 0.550. The van der Waals surface area contributed by atoms with Gasteiger partial charge in [-0.3, -0.25) is 4.79 Å². The highest BCUT2D eigenvalue weighted by molar-refractivity contribution is 7.90. The smallest absolute Gasteiger partial charge is 0.168 e. The summed E-state index contributed by atoms with van der Waals surface area (Å²) in [6.07, 6.45) is 1.68. The molecule has 0 aliphatic carbocycles. The van der Waals surface area contributed by atoms with E-state index in [0.717, 1.165) is 16.0 Å². The lowest BCUT2D eigenvalue weighted by Crippen LogP contribution is -2.12. The Morgan fingerprint density at radius 2 is 1.39 bits per heavy atom. The summed E-state index contributed by atoms with van der Waals surface area (Å²) in [5.41, 5.74) is 3.46. The highest BCUT2D eigenvalue weighted by atomic mass is 32.2. The minimum Gasteiger partial charge on any atom is -0.294 e. The molecule has 0 amide bonds. The Labute approximate surface area is 143 Å². The zero-order valence-electron chi connectivity index (χ0n) is 15.7. The lowest BCUT2D eigenvalue weighted by molar-refractivity contribution is -0.113. The number of hydrogen-bond acceptors (Lipinski definition) is 2. The number of ketones is 1. The molecule has 0 fully saturated rings. The van der Waals surface area contributed by atoms with Gasteiger partial charge in [0.25, 0.3) is 0 Å². The summed E-state index contributed by atoms with van der Waals surface area (Å²) in [5, 5.41) is 0. The molecule has 2 nitrogen and oxygen atoms in total. The van der Waals surface area contributed by atoms with Gasteiger partial charge in [-0.2, -0.15) is 0 Å². The summed E-state index contributed by atoms with van der Waals surface area (Å²) in [5.74, 6) is 0.815. The number of allylic oxidation sites excluding steroid dienone is 2. The van der Waals surface area contributed by atoms with Crippen LogP contribution in [0.1, 0.15) is 89.8 Å². The average molecular weight is 335 g/mol. The maximum Gasteiger partial charge on any atom is 0.168 e. The lowest BCUT2D eigenvalue weighted by Gasteiger charge is -2.22. The molecular formula is C20H30O2S. The summed E-state index contributed by atoms with van der Waals surface area (Å²) in [7, 11) is -1.43. The summed E-state index contributed by atoms with van der Waals surface area (Å²) < 4.78 is 13.2. The second-order valence-electron chi connectivity index (χ2n) is 6.97. The molecule has 0 spiro atoms. The van der Waals surface area contributed by atoms with Crippen molar-refractivity contribution in [1.29, 1.82) is 0 Å². The molecule has 0 saturated heterocycles. The van der Waals surface area contributed by atoms with Crippen LogP contribution in [0.4, 0.5) is 0 Å². The van der Waals surface area contributed by atoms with E-state index in [1.165, 1.54) is 12.5 Å². The predicted molar refractivity (Wildman–Crippen MR) is 99.6 cm³/mol. The molecule has 1 aromatic carbocycles. The fourth-order valence-electron chi connectivity index (χ4n) is 2.65. The van der Waals surface area contributed by atoms with Crippen LogP contribution >= 0.6 is 0 Å². The van der Waals surface area contributed by atoms with Crippen molar-refractivity contribution >= 4 is 16.6 Å². The summed E-state index contributed by atoms with van der Waals surface area (Å²) in [6, 6.07) is 4.34. The second-order valence-corrected chi connectivity index (χ2v) is 8.36. The molecule has 0 saturated carbocycles. The van der Waals surface area contributed by atoms with Crippen molar-refractivity contribution in [1.82, 2.24) is 0 Å². The Morgan fingerprint density at radius 1 is 0.957 bits per heavy atom. The first-order chi connectivity index (χ1) is 10.6. The van der Waals surface area contributed by atoms with E-state index < -0.39 is 10.8 Å².